The van der Waals surface area contributed by atoms with Crippen LogP contribution < -0.4 is 0 Å². The third kappa shape index (κ3) is 5.49. The van der Waals surface area contributed by atoms with Gasteiger partial charge in [-0.2, -0.15) is 0 Å². The van der Waals surface area contributed by atoms with Crippen molar-refractivity contribution in [2.45, 2.75) is 38.3 Å². The van der Waals surface area contributed by atoms with Crippen LogP contribution in [0.3, 0.4) is 0 Å². The average Bonchev–Trinajstić information content (AvgIpc) is 3.26. The highest BCUT2D eigenvalue weighted by Crippen LogP contribution is 2.30. The summed E-state index contributed by atoms with van der Waals surface area (Å²) in [5.74, 6) is 0.543. The summed E-state index contributed by atoms with van der Waals surface area (Å²) < 4.78 is 1.94. The second kappa shape index (κ2) is 9.84. The van der Waals surface area contributed by atoms with Gasteiger partial charge in [-0.15, -0.1) is 10.2 Å². The number of aryl methyl sites for hydroxylation is 1. The van der Waals surface area contributed by atoms with Gasteiger partial charge in [0.2, 0.25) is 0 Å². The third-order valence-corrected chi connectivity index (χ3v) is 6.57. The van der Waals surface area contributed by atoms with Crippen molar-refractivity contribution >= 4 is 23.2 Å². The van der Waals surface area contributed by atoms with Gasteiger partial charge in [0, 0.05) is 28.9 Å². The predicted molar refractivity (Wildman–Crippen MR) is 138 cm³/mol. The standard InChI is InChI=1S/C27H26N4O3S/c1-18-8-14-22(15-9-18)30-25(19-10-12-21(13-11-19)27(2,3)4)28-29-26(30)35-17-24(32)20-6-5-7-23(16-20)31(33)34/h5-16H,17H2,1-4H3. The molecule has 4 rings (SSSR count). The molecule has 0 unspecified atom stereocenters. The highest BCUT2D eigenvalue weighted by molar-refractivity contribution is 7.99. The second-order valence-electron chi connectivity index (χ2n) is 9.32. The van der Waals surface area contributed by atoms with Gasteiger partial charge in [-0.3, -0.25) is 19.5 Å². The van der Waals surface area contributed by atoms with Gasteiger partial charge in [0.1, 0.15) is 0 Å². The molecular formula is C27H26N4O3S. The zero-order valence-corrected chi connectivity index (χ0v) is 20.9. The Kier molecular flexibility index (Phi) is 6.84. The fraction of sp³-hybridized carbons (Fsp3) is 0.222. The van der Waals surface area contributed by atoms with Gasteiger partial charge in [0.05, 0.1) is 10.7 Å². The van der Waals surface area contributed by atoms with E-state index in [4.69, 9.17) is 0 Å². The van der Waals surface area contributed by atoms with Crippen LogP contribution in [0.4, 0.5) is 5.69 Å². The van der Waals surface area contributed by atoms with Crippen LogP contribution in [0.5, 0.6) is 0 Å². The zero-order valence-electron chi connectivity index (χ0n) is 20.1. The largest absolute Gasteiger partial charge is 0.293 e. The summed E-state index contributed by atoms with van der Waals surface area (Å²) in [7, 11) is 0. The van der Waals surface area contributed by atoms with Crippen LogP contribution in [0.15, 0.2) is 78.0 Å². The molecule has 1 aromatic heterocycles. The molecule has 0 radical (unpaired) electrons. The number of rotatable bonds is 7. The number of Topliss-reactive ketones (excluding diaryl/α,β-unsaturated/α-hetero) is 1. The Morgan fingerprint density at radius 3 is 2.31 bits per heavy atom. The number of carbonyl (C=O) groups is 1. The van der Waals surface area contributed by atoms with Crippen molar-refractivity contribution < 1.29 is 9.72 Å². The quantitative estimate of drug-likeness (QED) is 0.129. The molecule has 0 saturated carbocycles. The van der Waals surface area contributed by atoms with Gasteiger partial charge in [0.25, 0.3) is 5.69 Å². The summed E-state index contributed by atoms with van der Waals surface area (Å²) in [4.78, 5) is 23.3. The molecule has 0 aliphatic rings. The van der Waals surface area contributed by atoms with E-state index in [0.29, 0.717) is 16.5 Å². The van der Waals surface area contributed by atoms with Crippen LogP contribution in [0.2, 0.25) is 0 Å². The van der Waals surface area contributed by atoms with E-state index in [1.807, 2.05) is 47.9 Å². The lowest BCUT2D eigenvalue weighted by Crippen LogP contribution is -2.10. The van der Waals surface area contributed by atoms with Crippen LogP contribution in [0, 0.1) is 17.0 Å². The Morgan fingerprint density at radius 2 is 1.69 bits per heavy atom. The summed E-state index contributed by atoms with van der Waals surface area (Å²) in [5, 5.41) is 20.5. The van der Waals surface area contributed by atoms with Gasteiger partial charge in [-0.25, -0.2) is 0 Å². The average molecular weight is 487 g/mol. The molecule has 0 bridgehead atoms. The Balaban J connectivity index is 1.66. The molecule has 4 aromatic rings. The normalized spacial score (nSPS) is 11.4. The first-order chi connectivity index (χ1) is 16.6. The highest BCUT2D eigenvalue weighted by atomic mass is 32.2. The predicted octanol–water partition coefficient (Wildman–Crippen LogP) is 6.42. The van der Waals surface area contributed by atoms with Crippen molar-refractivity contribution in [3.63, 3.8) is 0 Å². The Hall–Kier alpha value is -3.78. The number of nitrogens with zero attached hydrogens (tertiary/aromatic N) is 4. The topological polar surface area (TPSA) is 90.9 Å². The minimum atomic E-state index is -0.505. The monoisotopic (exact) mass is 486 g/mol. The number of nitro groups is 1. The Morgan fingerprint density at radius 1 is 1.00 bits per heavy atom. The molecule has 8 heteroatoms. The van der Waals surface area contributed by atoms with Crippen LogP contribution >= 0.6 is 11.8 Å². The van der Waals surface area contributed by atoms with Crippen molar-refractivity contribution in [1.82, 2.24) is 14.8 Å². The van der Waals surface area contributed by atoms with Crippen molar-refractivity contribution in [3.05, 3.63) is 99.6 Å². The summed E-state index contributed by atoms with van der Waals surface area (Å²) in [5.41, 5.74) is 4.39. The van der Waals surface area contributed by atoms with Crippen LogP contribution in [0.25, 0.3) is 17.1 Å². The van der Waals surface area contributed by atoms with E-state index in [0.717, 1.165) is 16.8 Å². The Labute approximate surface area is 208 Å². The van der Waals surface area contributed by atoms with Crippen LogP contribution in [-0.4, -0.2) is 31.2 Å². The van der Waals surface area contributed by atoms with E-state index in [9.17, 15) is 14.9 Å². The maximum Gasteiger partial charge on any atom is 0.270 e. The van der Waals surface area contributed by atoms with Gasteiger partial charge >= 0.3 is 0 Å². The molecule has 0 aliphatic carbocycles. The molecule has 7 nitrogen and oxygen atoms in total. The van der Waals surface area contributed by atoms with Crippen LogP contribution in [0.1, 0.15) is 42.3 Å². The first-order valence-electron chi connectivity index (χ1n) is 11.2. The minimum absolute atomic E-state index is 0.0387. The molecule has 3 aromatic carbocycles. The van der Waals surface area contributed by atoms with Gasteiger partial charge in [-0.1, -0.05) is 86.6 Å². The van der Waals surface area contributed by atoms with Crippen molar-refractivity contribution in [1.29, 1.82) is 0 Å². The first-order valence-corrected chi connectivity index (χ1v) is 12.2. The number of benzene rings is 3. The highest BCUT2D eigenvalue weighted by Gasteiger charge is 2.20. The van der Waals surface area contributed by atoms with E-state index in [-0.39, 0.29) is 22.6 Å². The fourth-order valence-electron chi connectivity index (χ4n) is 3.60. The lowest BCUT2D eigenvalue weighted by molar-refractivity contribution is -0.384. The molecule has 0 saturated heterocycles. The zero-order chi connectivity index (χ0) is 25.2. The number of nitro benzene ring substituents is 1. The first kappa shape index (κ1) is 24.3. The van der Waals surface area contributed by atoms with E-state index in [1.165, 1.54) is 35.5 Å². The lowest BCUT2D eigenvalue weighted by atomic mass is 9.87. The van der Waals surface area contributed by atoms with Gasteiger partial charge < -0.3 is 0 Å². The van der Waals surface area contributed by atoms with E-state index in [1.54, 1.807) is 6.07 Å². The van der Waals surface area contributed by atoms with Crippen LogP contribution in [-0.2, 0) is 5.41 Å². The van der Waals surface area contributed by atoms with Crippen molar-refractivity contribution in [2.24, 2.45) is 0 Å². The molecule has 0 spiro atoms. The number of thioether (sulfide) groups is 1. The molecule has 0 amide bonds. The molecule has 1 heterocycles. The molecule has 178 valence electrons. The summed E-state index contributed by atoms with van der Waals surface area (Å²) in [6.07, 6.45) is 0. The summed E-state index contributed by atoms with van der Waals surface area (Å²) in [6, 6.07) is 22.1. The van der Waals surface area contributed by atoms with E-state index < -0.39 is 4.92 Å². The second-order valence-corrected chi connectivity index (χ2v) is 10.3. The Bertz CT molecular complexity index is 1370. The molecule has 0 N–H and O–H groups in total. The van der Waals surface area contributed by atoms with E-state index >= 15 is 0 Å². The van der Waals surface area contributed by atoms with Gasteiger partial charge in [0.15, 0.2) is 16.8 Å². The maximum absolute atomic E-state index is 12.8. The lowest BCUT2D eigenvalue weighted by Gasteiger charge is -2.19. The smallest absolute Gasteiger partial charge is 0.270 e. The SMILES string of the molecule is Cc1ccc(-n2c(SCC(=O)c3cccc([N+](=O)[O-])c3)nnc2-c2ccc(C(C)(C)C)cc2)cc1. The number of ketones is 1. The number of hydrogen-bond acceptors (Lipinski definition) is 6. The number of aromatic nitrogens is 3. The third-order valence-electron chi connectivity index (χ3n) is 5.65. The van der Waals surface area contributed by atoms with E-state index in [2.05, 4.69) is 43.1 Å². The summed E-state index contributed by atoms with van der Waals surface area (Å²) in [6.45, 7) is 8.53. The number of non-ortho nitro benzene ring substituents is 1. The number of carbonyl (C=O) groups excluding carboxylic acids is 1. The summed E-state index contributed by atoms with van der Waals surface area (Å²) >= 11 is 1.26. The van der Waals surface area contributed by atoms with Gasteiger partial charge in [-0.05, 0) is 30.0 Å². The molecule has 0 fully saturated rings. The van der Waals surface area contributed by atoms with Crippen molar-refractivity contribution in [2.75, 3.05) is 5.75 Å². The number of hydrogen-bond donors (Lipinski definition) is 0. The van der Waals surface area contributed by atoms with Crippen molar-refractivity contribution in [3.8, 4) is 17.1 Å². The molecule has 0 atom stereocenters. The minimum Gasteiger partial charge on any atom is -0.293 e. The molecule has 0 aliphatic heterocycles. The molecule has 35 heavy (non-hydrogen) atoms. The fourth-order valence-corrected chi connectivity index (χ4v) is 4.45. The molecular weight excluding hydrogens is 460 g/mol. The maximum atomic E-state index is 12.8.